The van der Waals surface area contributed by atoms with Crippen LogP contribution in [0, 0.1) is 0 Å². The van der Waals surface area contributed by atoms with E-state index < -0.39 is 23.8 Å². The van der Waals surface area contributed by atoms with Gasteiger partial charge in [0, 0.05) is 6.20 Å². The van der Waals surface area contributed by atoms with Gasteiger partial charge in [-0.05, 0) is 47.7 Å². The molecular formula is C26H23F3N2O3. The van der Waals surface area contributed by atoms with Crippen LogP contribution in [0.4, 0.5) is 13.2 Å². The van der Waals surface area contributed by atoms with Crippen LogP contribution in [0.15, 0.2) is 66.9 Å². The fourth-order valence-corrected chi connectivity index (χ4v) is 3.95. The molecule has 0 radical (unpaired) electrons. The summed E-state index contributed by atoms with van der Waals surface area (Å²) >= 11 is 0. The van der Waals surface area contributed by atoms with E-state index in [9.17, 15) is 28.2 Å². The second-order valence-corrected chi connectivity index (χ2v) is 8.11. The van der Waals surface area contributed by atoms with Crippen LogP contribution in [0.3, 0.4) is 0 Å². The van der Waals surface area contributed by atoms with Crippen LogP contribution in [0.1, 0.15) is 58.7 Å². The molecule has 5 nitrogen and oxygen atoms in total. The molecule has 0 aliphatic rings. The zero-order valence-corrected chi connectivity index (χ0v) is 18.4. The predicted octanol–water partition coefficient (Wildman–Crippen LogP) is 6.14. The minimum atomic E-state index is -4.59. The Labute approximate surface area is 194 Å². The number of aromatic carboxylic acids is 1. The summed E-state index contributed by atoms with van der Waals surface area (Å²) in [6.07, 6.45) is -1.85. The fourth-order valence-electron chi connectivity index (χ4n) is 3.95. The first-order valence-corrected chi connectivity index (χ1v) is 10.9. The molecule has 0 bridgehead atoms. The SMILES string of the molecule is CCCCc1cn2c(C(O)c3ccc(-c4ccccc4C(=O)O)cc3)cc(C(F)(F)F)cc2n1. The van der Waals surface area contributed by atoms with E-state index in [2.05, 4.69) is 4.98 Å². The van der Waals surface area contributed by atoms with Gasteiger partial charge >= 0.3 is 12.1 Å². The number of fused-ring (bicyclic) bond motifs is 1. The first-order chi connectivity index (χ1) is 16.2. The number of benzene rings is 2. The van der Waals surface area contributed by atoms with Crippen LogP contribution in [0.2, 0.25) is 0 Å². The number of alkyl halides is 3. The molecule has 0 saturated heterocycles. The molecule has 34 heavy (non-hydrogen) atoms. The van der Waals surface area contributed by atoms with Crippen LogP contribution < -0.4 is 0 Å². The number of pyridine rings is 1. The third-order valence-corrected chi connectivity index (χ3v) is 5.74. The molecular weight excluding hydrogens is 445 g/mol. The number of carboxylic acid groups (broad SMARTS) is 1. The zero-order valence-electron chi connectivity index (χ0n) is 18.4. The average Bonchev–Trinajstić information content (AvgIpc) is 3.24. The third kappa shape index (κ3) is 4.68. The number of hydrogen-bond acceptors (Lipinski definition) is 3. The van der Waals surface area contributed by atoms with Crippen LogP contribution in [0.25, 0.3) is 16.8 Å². The van der Waals surface area contributed by atoms with Gasteiger partial charge in [0.1, 0.15) is 11.8 Å². The highest BCUT2D eigenvalue weighted by Gasteiger charge is 2.33. The number of aliphatic hydroxyl groups is 1. The largest absolute Gasteiger partial charge is 0.478 e. The van der Waals surface area contributed by atoms with E-state index in [4.69, 9.17) is 0 Å². The smallest absolute Gasteiger partial charge is 0.416 e. The van der Waals surface area contributed by atoms with Crippen molar-refractivity contribution in [2.24, 2.45) is 0 Å². The predicted molar refractivity (Wildman–Crippen MR) is 122 cm³/mol. The number of carboxylic acids is 1. The Bertz CT molecular complexity index is 1330. The van der Waals surface area contributed by atoms with Gasteiger partial charge in [-0.2, -0.15) is 13.2 Å². The molecule has 2 N–H and O–H groups in total. The number of rotatable bonds is 7. The van der Waals surface area contributed by atoms with Crippen molar-refractivity contribution in [2.75, 3.05) is 0 Å². The minimum absolute atomic E-state index is 0.0544. The summed E-state index contributed by atoms with van der Waals surface area (Å²) in [6.45, 7) is 2.02. The molecule has 1 atom stereocenters. The van der Waals surface area contributed by atoms with Gasteiger partial charge in [-0.25, -0.2) is 9.78 Å². The lowest BCUT2D eigenvalue weighted by Crippen LogP contribution is -2.11. The van der Waals surface area contributed by atoms with Gasteiger partial charge < -0.3 is 14.6 Å². The highest BCUT2D eigenvalue weighted by Crippen LogP contribution is 2.34. The van der Waals surface area contributed by atoms with Crippen molar-refractivity contribution in [3.8, 4) is 11.1 Å². The molecule has 2 heterocycles. The summed E-state index contributed by atoms with van der Waals surface area (Å²) in [5.74, 6) is -1.06. The zero-order chi connectivity index (χ0) is 24.5. The summed E-state index contributed by atoms with van der Waals surface area (Å²) < 4.78 is 42.1. The van der Waals surface area contributed by atoms with Crippen LogP contribution >= 0.6 is 0 Å². The van der Waals surface area contributed by atoms with Gasteiger partial charge in [-0.3, -0.25) is 0 Å². The number of carbonyl (C=O) groups is 1. The molecule has 0 aliphatic carbocycles. The van der Waals surface area contributed by atoms with E-state index in [1.807, 2.05) is 6.92 Å². The summed E-state index contributed by atoms with van der Waals surface area (Å²) in [5.41, 5.74) is 1.60. The maximum absolute atomic E-state index is 13.5. The lowest BCUT2D eigenvalue weighted by molar-refractivity contribution is -0.137. The van der Waals surface area contributed by atoms with Gasteiger partial charge in [0.15, 0.2) is 0 Å². The van der Waals surface area contributed by atoms with E-state index in [1.54, 1.807) is 48.7 Å². The van der Waals surface area contributed by atoms with Crippen molar-refractivity contribution < 1.29 is 28.2 Å². The summed E-state index contributed by atoms with van der Waals surface area (Å²) in [4.78, 5) is 15.9. The summed E-state index contributed by atoms with van der Waals surface area (Å²) in [5, 5.41) is 20.5. The molecule has 0 saturated carbocycles. The average molecular weight is 468 g/mol. The van der Waals surface area contributed by atoms with Crippen molar-refractivity contribution in [3.63, 3.8) is 0 Å². The summed E-state index contributed by atoms with van der Waals surface area (Å²) in [7, 11) is 0. The van der Waals surface area contributed by atoms with Crippen molar-refractivity contribution in [1.29, 1.82) is 0 Å². The number of imidazole rings is 1. The van der Waals surface area contributed by atoms with E-state index in [0.29, 0.717) is 28.8 Å². The second kappa shape index (κ2) is 9.30. The first-order valence-electron chi connectivity index (χ1n) is 10.9. The molecule has 0 spiro atoms. The number of unbranched alkanes of at least 4 members (excludes halogenated alkanes) is 1. The standard InChI is InChI=1S/C26H23F3N2O3/c1-2-3-6-19-15-31-22(13-18(26(27,28)29)14-23(31)30-19)24(32)17-11-9-16(10-12-17)20-7-4-5-8-21(20)25(33)34/h4-5,7-15,24,32H,2-3,6H2,1H3,(H,33,34). The lowest BCUT2D eigenvalue weighted by atomic mass is 9.96. The maximum Gasteiger partial charge on any atom is 0.416 e. The second-order valence-electron chi connectivity index (χ2n) is 8.11. The molecule has 1 unspecified atom stereocenters. The Morgan fingerprint density at radius 2 is 1.79 bits per heavy atom. The number of aliphatic hydroxyl groups excluding tert-OH is 1. The Kier molecular flexibility index (Phi) is 6.43. The summed E-state index contributed by atoms with van der Waals surface area (Å²) in [6, 6.07) is 14.9. The van der Waals surface area contributed by atoms with Crippen molar-refractivity contribution in [3.05, 3.63) is 94.9 Å². The molecule has 0 amide bonds. The number of hydrogen-bond donors (Lipinski definition) is 2. The van der Waals surface area contributed by atoms with E-state index in [1.165, 1.54) is 10.5 Å². The molecule has 2 aromatic carbocycles. The number of nitrogens with zero attached hydrogens (tertiary/aromatic N) is 2. The Balaban J connectivity index is 1.75. The van der Waals surface area contributed by atoms with E-state index >= 15 is 0 Å². The molecule has 2 aromatic heterocycles. The third-order valence-electron chi connectivity index (χ3n) is 5.74. The molecule has 4 aromatic rings. The van der Waals surface area contributed by atoms with E-state index in [-0.39, 0.29) is 16.9 Å². The van der Waals surface area contributed by atoms with Gasteiger partial charge in [0.25, 0.3) is 0 Å². The highest BCUT2D eigenvalue weighted by atomic mass is 19.4. The maximum atomic E-state index is 13.5. The number of halogens is 3. The van der Waals surface area contributed by atoms with Crippen LogP contribution in [-0.2, 0) is 12.6 Å². The number of aryl methyl sites for hydroxylation is 1. The van der Waals surface area contributed by atoms with Gasteiger partial charge in [0.2, 0.25) is 0 Å². The highest BCUT2D eigenvalue weighted by molar-refractivity contribution is 5.96. The molecule has 8 heteroatoms. The monoisotopic (exact) mass is 468 g/mol. The van der Waals surface area contributed by atoms with Crippen molar-refractivity contribution in [2.45, 2.75) is 38.5 Å². The van der Waals surface area contributed by atoms with Crippen LogP contribution in [-0.4, -0.2) is 25.6 Å². The molecule has 0 fully saturated rings. The van der Waals surface area contributed by atoms with Crippen molar-refractivity contribution >= 4 is 11.6 Å². The fraction of sp³-hybridized carbons (Fsp3) is 0.231. The van der Waals surface area contributed by atoms with Crippen LogP contribution in [0.5, 0.6) is 0 Å². The molecule has 0 aliphatic heterocycles. The lowest BCUT2D eigenvalue weighted by Gasteiger charge is -2.17. The minimum Gasteiger partial charge on any atom is -0.478 e. The van der Waals surface area contributed by atoms with Gasteiger partial charge in [0.05, 0.1) is 22.5 Å². The molecule has 176 valence electrons. The first kappa shape index (κ1) is 23.5. The Hall–Kier alpha value is -3.65. The van der Waals surface area contributed by atoms with Gasteiger partial charge in [-0.15, -0.1) is 0 Å². The normalized spacial score (nSPS) is 12.7. The van der Waals surface area contributed by atoms with Gasteiger partial charge in [-0.1, -0.05) is 55.8 Å². The topological polar surface area (TPSA) is 74.8 Å². The van der Waals surface area contributed by atoms with E-state index in [0.717, 1.165) is 25.0 Å². The Morgan fingerprint density at radius 3 is 2.44 bits per heavy atom. The Morgan fingerprint density at radius 1 is 1.09 bits per heavy atom. The number of aromatic nitrogens is 2. The molecule has 4 rings (SSSR count). The quantitative estimate of drug-likeness (QED) is 0.342. The van der Waals surface area contributed by atoms with Crippen molar-refractivity contribution in [1.82, 2.24) is 9.38 Å².